The molecule has 7 nitrogen and oxygen atoms in total. The van der Waals surface area contributed by atoms with Crippen LogP contribution < -0.4 is 14.8 Å². The van der Waals surface area contributed by atoms with Crippen molar-refractivity contribution < 1.29 is 23.9 Å². The number of carbonyl (C=O) groups excluding carboxylic acids is 3. The normalized spacial score (nSPS) is 20.0. The molecule has 0 radical (unpaired) electrons. The van der Waals surface area contributed by atoms with E-state index in [2.05, 4.69) is 53.8 Å². The van der Waals surface area contributed by atoms with Crippen LogP contribution in [0.25, 0.3) is 0 Å². The lowest BCUT2D eigenvalue weighted by atomic mass is 9.63. The van der Waals surface area contributed by atoms with Gasteiger partial charge in [0, 0.05) is 58.4 Å². The maximum Gasteiger partial charge on any atom is 0.262 e. The first kappa shape index (κ1) is 29.1. The second kappa shape index (κ2) is 10.8. The molecular formula is C33H37BrN2O5. The molecule has 3 aliphatic rings. The van der Waals surface area contributed by atoms with Crippen molar-refractivity contribution in [1.82, 2.24) is 4.90 Å². The second-order valence-electron chi connectivity index (χ2n) is 12.8. The first-order valence-electron chi connectivity index (χ1n) is 13.9. The number of Topliss-reactive ketones (excluding diaryl/α,β-unsaturated/α-hetero) is 2. The zero-order chi connectivity index (χ0) is 29.7. The van der Waals surface area contributed by atoms with Crippen molar-refractivity contribution in [3.05, 3.63) is 75.0 Å². The van der Waals surface area contributed by atoms with Gasteiger partial charge in [-0.25, -0.2) is 0 Å². The van der Waals surface area contributed by atoms with Crippen molar-refractivity contribution in [2.75, 3.05) is 26.1 Å². The summed E-state index contributed by atoms with van der Waals surface area (Å²) in [4.78, 5) is 42.8. The Morgan fingerprint density at radius 1 is 0.927 bits per heavy atom. The lowest BCUT2D eigenvalue weighted by Gasteiger charge is -2.48. The van der Waals surface area contributed by atoms with Gasteiger partial charge in [-0.05, 0) is 54.0 Å². The molecule has 0 unspecified atom stereocenters. The zero-order valence-corrected chi connectivity index (χ0v) is 26.1. The monoisotopic (exact) mass is 620 g/mol. The minimum Gasteiger partial charge on any atom is -0.495 e. The highest BCUT2D eigenvalue weighted by molar-refractivity contribution is 9.10. The van der Waals surface area contributed by atoms with Gasteiger partial charge in [-0.2, -0.15) is 0 Å². The molecule has 2 aromatic carbocycles. The number of carbonyl (C=O) groups is 3. The van der Waals surface area contributed by atoms with Crippen LogP contribution in [0.15, 0.2) is 69.5 Å². The van der Waals surface area contributed by atoms with Crippen LogP contribution in [0.4, 0.5) is 5.69 Å². The van der Waals surface area contributed by atoms with E-state index in [0.717, 1.165) is 28.7 Å². The molecule has 1 amide bonds. The average Bonchev–Trinajstić information content (AvgIpc) is 2.88. The number of anilines is 1. The Bertz CT molecular complexity index is 1450. The highest BCUT2D eigenvalue weighted by atomic mass is 79.9. The van der Waals surface area contributed by atoms with Crippen LogP contribution in [-0.4, -0.2) is 43.1 Å². The molecule has 0 saturated carbocycles. The number of nitrogens with zero attached hydrogens (tertiary/aromatic N) is 1. The summed E-state index contributed by atoms with van der Waals surface area (Å²) in [6.07, 6.45) is 2.28. The van der Waals surface area contributed by atoms with E-state index in [-0.39, 0.29) is 34.9 Å². The molecule has 0 fully saturated rings. The van der Waals surface area contributed by atoms with Crippen LogP contribution in [-0.2, 0) is 14.4 Å². The van der Waals surface area contributed by atoms with Crippen LogP contribution in [0.1, 0.15) is 64.9 Å². The number of hydrogen-bond donors (Lipinski definition) is 1. The number of halogens is 1. The fourth-order valence-electron chi connectivity index (χ4n) is 6.43. The van der Waals surface area contributed by atoms with E-state index in [4.69, 9.17) is 9.47 Å². The number of nitrogens with one attached hydrogen (secondary N) is 1. The molecule has 1 heterocycles. The second-order valence-corrected chi connectivity index (χ2v) is 13.7. The number of para-hydroxylation sites is 2. The first-order valence-corrected chi connectivity index (χ1v) is 14.7. The van der Waals surface area contributed by atoms with E-state index in [1.807, 2.05) is 31.3 Å². The summed E-state index contributed by atoms with van der Waals surface area (Å²) in [5.41, 5.74) is 4.16. The lowest BCUT2D eigenvalue weighted by molar-refractivity contribution is -0.120. The molecule has 0 atom stereocenters. The third kappa shape index (κ3) is 5.71. The number of allylic oxidation sites excluding steroid dienone is 4. The van der Waals surface area contributed by atoms with E-state index in [0.29, 0.717) is 46.7 Å². The number of ketones is 2. The lowest BCUT2D eigenvalue weighted by Crippen LogP contribution is -2.43. The Morgan fingerprint density at radius 2 is 1.51 bits per heavy atom. The van der Waals surface area contributed by atoms with Crippen LogP contribution in [0, 0.1) is 10.8 Å². The number of benzene rings is 2. The Labute approximate surface area is 250 Å². The summed E-state index contributed by atoms with van der Waals surface area (Å²) < 4.78 is 12.3. The van der Waals surface area contributed by atoms with Gasteiger partial charge >= 0.3 is 0 Å². The fraction of sp³-hybridized carbons (Fsp3) is 0.424. The number of methoxy groups -OCH3 is 1. The smallest absolute Gasteiger partial charge is 0.262 e. The molecule has 8 heteroatoms. The topological polar surface area (TPSA) is 84.9 Å². The summed E-state index contributed by atoms with van der Waals surface area (Å²) in [5, 5.41) is 2.84. The van der Waals surface area contributed by atoms with Crippen LogP contribution >= 0.6 is 15.9 Å². The van der Waals surface area contributed by atoms with Gasteiger partial charge in [0.15, 0.2) is 18.2 Å². The number of amides is 1. The standard InChI is InChI=1S/C33H37BrN2O5/c1-32(2)14-22-30(24(37)16-32)29(31-23(36(22)5)15-33(3,4)17-25(31)38)20-13-19(34)11-12-26(20)41-18-28(39)35-21-9-7-8-10-27(21)40-6/h7-13,29H,14-18H2,1-6H3,(H,35,39). The van der Waals surface area contributed by atoms with E-state index < -0.39 is 5.92 Å². The predicted molar refractivity (Wildman–Crippen MR) is 162 cm³/mol. The van der Waals surface area contributed by atoms with Crippen LogP contribution in [0.5, 0.6) is 11.5 Å². The van der Waals surface area contributed by atoms with Gasteiger partial charge in [-0.3, -0.25) is 14.4 Å². The maximum atomic E-state index is 13.9. The molecule has 0 saturated heterocycles. The Hall–Kier alpha value is -3.39. The van der Waals surface area contributed by atoms with E-state index in [1.54, 1.807) is 25.3 Å². The average molecular weight is 622 g/mol. The van der Waals surface area contributed by atoms with Gasteiger partial charge in [-0.1, -0.05) is 55.8 Å². The van der Waals surface area contributed by atoms with Crippen LogP contribution in [0.2, 0.25) is 0 Å². The molecule has 1 aliphatic heterocycles. The third-order valence-corrected chi connectivity index (χ3v) is 8.70. The predicted octanol–water partition coefficient (Wildman–Crippen LogP) is 6.79. The molecule has 2 aromatic rings. The largest absolute Gasteiger partial charge is 0.495 e. The summed E-state index contributed by atoms with van der Waals surface area (Å²) in [6, 6.07) is 12.7. The molecule has 0 bridgehead atoms. The van der Waals surface area contributed by atoms with Gasteiger partial charge in [0.2, 0.25) is 0 Å². The third-order valence-electron chi connectivity index (χ3n) is 8.20. The molecule has 2 aliphatic carbocycles. The van der Waals surface area contributed by atoms with E-state index in [1.165, 1.54) is 0 Å². The minimum atomic E-state index is -0.562. The van der Waals surface area contributed by atoms with Gasteiger partial charge in [0.25, 0.3) is 5.91 Å². The minimum absolute atomic E-state index is 0.0529. The summed E-state index contributed by atoms with van der Waals surface area (Å²) >= 11 is 3.60. The van der Waals surface area contributed by atoms with Crippen molar-refractivity contribution >= 4 is 39.1 Å². The Kier molecular flexibility index (Phi) is 7.66. The number of ether oxygens (including phenoxy) is 2. The fourth-order valence-corrected chi connectivity index (χ4v) is 6.81. The highest BCUT2D eigenvalue weighted by Gasteiger charge is 2.48. The van der Waals surface area contributed by atoms with Crippen molar-refractivity contribution in [3.63, 3.8) is 0 Å². The quantitative estimate of drug-likeness (QED) is 0.383. The van der Waals surface area contributed by atoms with Gasteiger partial charge in [0.05, 0.1) is 12.8 Å². The van der Waals surface area contributed by atoms with Crippen molar-refractivity contribution in [2.24, 2.45) is 10.8 Å². The molecular weight excluding hydrogens is 584 g/mol. The Morgan fingerprint density at radius 3 is 2.10 bits per heavy atom. The SMILES string of the molecule is COc1ccccc1NC(=O)COc1ccc(Br)cc1C1C2=C(CC(C)(C)CC2=O)N(C)C2=C1C(=O)CC(C)(C)C2. The van der Waals surface area contributed by atoms with Crippen molar-refractivity contribution in [3.8, 4) is 11.5 Å². The molecule has 41 heavy (non-hydrogen) atoms. The number of rotatable bonds is 6. The van der Waals surface area contributed by atoms with E-state index >= 15 is 0 Å². The summed E-state index contributed by atoms with van der Waals surface area (Å²) in [6.45, 7) is 8.21. The van der Waals surface area contributed by atoms with Crippen LogP contribution in [0.3, 0.4) is 0 Å². The molecule has 216 valence electrons. The maximum absolute atomic E-state index is 13.9. The Balaban J connectivity index is 1.56. The highest BCUT2D eigenvalue weighted by Crippen LogP contribution is 2.55. The van der Waals surface area contributed by atoms with Gasteiger partial charge < -0.3 is 19.7 Å². The van der Waals surface area contributed by atoms with Gasteiger partial charge in [0.1, 0.15) is 11.5 Å². The van der Waals surface area contributed by atoms with Crippen molar-refractivity contribution in [2.45, 2.75) is 59.3 Å². The van der Waals surface area contributed by atoms with Crippen molar-refractivity contribution in [1.29, 1.82) is 0 Å². The molecule has 0 spiro atoms. The van der Waals surface area contributed by atoms with Gasteiger partial charge in [-0.15, -0.1) is 0 Å². The number of hydrogen-bond acceptors (Lipinski definition) is 6. The summed E-state index contributed by atoms with van der Waals surface area (Å²) in [5.74, 6) is 0.208. The first-order chi connectivity index (χ1) is 19.3. The molecule has 1 N–H and O–H groups in total. The summed E-state index contributed by atoms with van der Waals surface area (Å²) in [7, 11) is 3.54. The molecule has 0 aromatic heterocycles. The zero-order valence-electron chi connectivity index (χ0n) is 24.5. The van der Waals surface area contributed by atoms with E-state index in [9.17, 15) is 14.4 Å². The molecule has 5 rings (SSSR count).